The topological polar surface area (TPSA) is 69.0 Å². The van der Waals surface area contributed by atoms with Crippen molar-refractivity contribution in [1.82, 2.24) is 14.8 Å². The molecule has 0 atom stereocenters. The molecule has 0 aliphatic carbocycles. The molecule has 0 bridgehead atoms. The number of aryl methyl sites for hydroxylation is 1. The first kappa shape index (κ1) is 19.3. The monoisotopic (exact) mass is 400 g/mol. The molecule has 3 aromatic rings. The van der Waals surface area contributed by atoms with E-state index in [2.05, 4.69) is 15.5 Å². The summed E-state index contributed by atoms with van der Waals surface area (Å²) in [6, 6.07) is 15.4. The molecule has 3 rings (SSSR count). The van der Waals surface area contributed by atoms with Crippen LogP contribution < -0.4 is 10.1 Å². The van der Waals surface area contributed by atoms with E-state index < -0.39 is 0 Å². The number of anilines is 1. The molecule has 0 aliphatic rings. The lowest BCUT2D eigenvalue weighted by Gasteiger charge is -2.09. The van der Waals surface area contributed by atoms with Crippen molar-refractivity contribution in [2.75, 3.05) is 24.4 Å². The number of methoxy groups -OCH3 is 1. The molecule has 0 saturated carbocycles. The van der Waals surface area contributed by atoms with E-state index in [4.69, 9.17) is 4.74 Å². The van der Waals surface area contributed by atoms with Gasteiger partial charge in [0.25, 0.3) is 0 Å². The first-order valence-electron chi connectivity index (χ1n) is 8.24. The van der Waals surface area contributed by atoms with E-state index in [1.807, 2.05) is 66.3 Å². The molecule has 1 heterocycles. The van der Waals surface area contributed by atoms with Gasteiger partial charge in [0.2, 0.25) is 5.91 Å². The average Bonchev–Trinajstić information content (AvgIpc) is 3.07. The van der Waals surface area contributed by atoms with Crippen LogP contribution in [-0.4, -0.2) is 39.8 Å². The Kier molecular flexibility index (Phi) is 6.41. The van der Waals surface area contributed by atoms with Crippen molar-refractivity contribution in [3.63, 3.8) is 0 Å². The van der Waals surface area contributed by atoms with Gasteiger partial charge in [-0.15, -0.1) is 22.0 Å². The zero-order chi connectivity index (χ0) is 19.2. The summed E-state index contributed by atoms with van der Waals surface area (Å²) in [7, 11) is 1.63. The van der Waals surface area contributed by atoms with Gasteiger partial charge in [-0.3, -0.25) is 9.36 Å². The number of hydrogen-bond donors (Lipinski definition) is 1. The van der Waals surface area contributed by atoms with Crippen LogP contribution in [0.5, 0.6) is 5.75 Å². The fourth-order valence-electron chi connectivity index (χ4n) is 2.47. The molecule has 0 radical (unpaired) electrons. The highest BCUT2D eigenvalue weighted by Gasteiger charge is 2.13. The van der Waals surface area contributed by atoms with E-state index in [9.17, 15) is 4.79 Å². The minimum atomic E-state index is -0.0844. The van der Waals surface area contributed by atoms with E-state index in [1.165, 1.54) is 11.8 Å². The zero-order valence-corrected chi connectivity index (χ0v) is 16.9. The third-order valence-electron chi connectivity index (χ3n) is 3.83. The molecule has 0 saturated heterocycles. The molecule has 1 amide bonds. The Morgan fingerprint density at radius 2 is 1.81 bits per heavy atom. The standard InChI is InChI=1S/C19H20N4O2S2/c1-13-21-22-19(23(13)15-6-8-16(25-2)9-7-15)27-12-18(24)20-14-4-10-17(26-3)11-5-14/h4-11H,12H2,1-3H3,(H,20,24). The van der Waals surface area contributed by atoms with Gasteiger partial charge in [0, 0.05) is 16.3 Å². The quantitative estimate of drug-likeness (QED) is 0.604. The number of carbonyl (C=O) groups excluding carboxylic acids is 1. The molecular weight excluding hydrogens is 380 g/mol. The predicted molar refractivity (Wildman–Crippen MR) is 110 cm³/mol. The smallest absolute Gasteiger partial charge is 0.234 e. The highest BCUT2D eigenvalue weighted by molar-refractivity contribution is 7.99. The molecule has 0 spiro atoms. The van der Waals surface area contributed by atoms with Gasteiger partial charge >= 0.3 is 0 Å². The third kappa shape index (κ3) is 4.84. The van der Waals surface area contributed by atoms with Crippen LogP contribution in [0.15, 0.2) is 58.6 Å². The van der Waals surface area contributed by atoms with Crippen molar-refractivity contribution in [1.29, 1.82) is 0 Å². The predicted octanol–water partition coefficient (Wildman–Crippen LogP) is 4.04. The lowest BCUT2D eigenvalue weighted by atomic mass is 10.3. The van der Waals surface area contributed by atoms with Crippen LogP contribution in [0.1, 0.15) is 5.82 Å². The summed E-state index contributed by atoms with van der Waals surface area (Å²) in [6.07, 6.45) is 2.02. The van der Waals surface area contributed by atoms with Crippen molar-refractivity contribution in [2.45, 2.75) is 17.0 Å². The Hall–Kier alpha value is -2.45. The molecule has 8 heteroatoms. The van der Waals surface area contributed by atoms with Gasteiger partial charge in [-0.25, -0.2) is 0 Å². The SMILES string of the molecule is COc1ccc(-n2c(C)nnc2SCC(=O)Nc2ccc(SC)cc2)cc1. The largest absolute Gasteiger partial charge is 0.497 e. The minimum absolute atomic E-state index is 0.0844. The second-order valence-electron chi connectivity index (χ2n) is 5.63. The van der Waals surface area contributed by atoms with Crippen LogP contribution in [0, 0.1) is 6.92 Å². The average molecular weight is 401 g/mol. The molecule has 0 fully saturated rings. The van der Waals surface area contributed by atoms with Crippen molar-refractivity contribution in [3.05, 3.63) is 54.4 Å². The lowest BCUT2D eigenvalue weighted by Crippen LogP contribution is -2.14. The van der Waals surface area contributed by atoms with E-state index in [-0.39, 0.29) is 11.7 Å². The van der Waals surface area contributed by atoms with E-state index in [1.54, 1.807) is 18.9 Å². The molecule has 0 unspecified atom stereocenters. The molecular formula is C19H20N4O2S2. The third-order valence-corrected chi connectivity index (χ3v) is 5.50. The summed E-state index contributed by atoms with van der Waals surface area (Å²) < 4.78 is 7.12. The number of nitrogens with one attached hydrogen (secondary N) is 1. The van der Waals surface area contributed by atoms with Crippen molar-refractivity contribution >= 4 is 35.1 Å². The van der Waals surface area contributed by atoms with Gasteiger partial charge in [0.05, 0.1) is 12.9 Å². The minimum Gasteiger partial charge on any atom is -0.497 e. The van der Waals surface area contributed by atoms with Crippen LogP contribution in [0.4, 0.5) is 5.69 Å². The van der Waals surface area contributed by atoms with Crippen LogP contribution in [0.25, 0.3) is 5.69 Å². The first-order chi connectivity index (χ1) is 13.1. The molecule has 0 aliphatic heterocycles. The number of aromatic nitrogens is 3. The summed E-state index contributed by atoms with van der Waals surface area (Å²) in [4.78, 5) is 13.4. The maximum absolute atomic E-state index is 12.3. The molecule has 1 N–H and O–H groups in total. The summed E-state index contributed by atoms with van der Waals surface area (Å²) >= 11 is 3.01. The Morgan fingerprint density at radius 1 is 1.11 bits per heavy atom. The summed E-state index contributed by atoms with van der Waals surface area (Å²) in [5.74, 6) is 1.71. The molecule has 1 aromatic heterocycles. The van der Waals surface area contributed by atoms with Crippen LogP contribution in [-0.2, 0) is 4.79 Å². The summed E-state index contributed by atoms with van der Waals surface area (Å²) in [5, 5.41) is 11.9. The number of amides is 1. The van der Waals surface area contributed by atoms with Crippen molar-refractivity contribution in [3.8, 4) is 11.4 Å². The second kappa shape index (κ2) is 8.96. The Labute approximate surface area is 166 Å². The Morgan fingerprint density at radius 3 is 2.44 bits per heavy atom. The highest BCUT2D eigenvalue weighted by Crippen LogP contribution is 2.24. The van der Waals surface area contributed by atoms with Crippen LogP contribution >= 0.6 is 23.5 Å². The number of nitrogens with zero attached hydrogens (tertiary/aromatic N) is 3. The maximum Gasteiger partial charge on any atom is 0.234 e. The number of benzene rings is 2. The fourth-order valence-corrected chi connectivity index (χ4v) is 3.67. The van der Waals surface area contributed by atoms with Gasteiger partial charge < -0.3 is 10.1 Å². The van der Waals surface area contributed by atoms with Crippen molar-refractivity contribution < 1.29 is 9.53 Å². The first-order valence-corrected chi connectivity index (χ1v) is 10.4. The van der Waals surface area contributed by atoms with E-state index in [0.29, 0.717) is 5.16 Å². The molecule has 140 valence electrons. The zero-order valence-electron chi connectivity index (χ0n) is 15.3. The molecule has 27 heavy (non-hydrogen) atoms. The highest BCUT2D eigenvalue weighted by atomic mass is 32.2. The molecule has 2 aromatic carbocycles. The number of rotatable bonds is 7. The van der Waals surface area contributed by atoms with Gasteiger partial charge in [-0.2, -0.15) is 0 Å². The molecule has 6 nitrogen and oxygen atoms in total. The normalized spacial score (nSPS) is 10.6. The Balaban J connectivity index is 1.66. The number of carbonyl (C=O) groups is 1. The lowest BCUT2D eigenvalue weighted by molar-refractivity contribution is -0.113. The Bertz CT molecular complexity index is 908. The van der Waals surface area contributed by atoms with Crippen molar-refractivity contribution in [2.24, 2.45) is 0 Å². The van der Waals surface area contributed by atoms with Gasteiger partial charge in [0.15, 0.2) is 5.16 Å². The van der Waals surface area contributed by atoms with Gasteiger partial charge in [0.1, 0.15) is 11.6 Å². The van der Waals surface area contributed by atoms with Crippen LogP contribution in [0.2, 0.25) is 0 Å². The maximum atomic E-state index is 12.3. The van der Waals surface area contributed by atoms with Crippen LogP contribution in [0.3, 0.4) is 0 Å². The number of ether oxygens (including phenoxy) is 1. The van der Waals surface area contributed by atoms with Gasteiger partial charge in [-0.1, -0.05) is 11.8 Å². The summed E-state index contributed by atoms with van der Waals surface area (Å²) in [6.45, 7) is 1.88. The fraction of sp³-hybridized carbons (Fsp3) is 0.211. The van der Waals surface area contributed by atoms with E-state index >= 15 is 0 Å². The van der Waals surface area contributed by atoms with Gasteiger partial charge in [-0.05, 0) is 61.7 Å². The number of hydrogen-bond acceptors (Lipinski definition) is 6. The van der Waals surface area contributed by atoms with E-state index in [0.717, 1.165) is 27.8 Å². The number of thioether (sulfide) groups is 2. The summed E-state index contributed by atoms with van der Waals surface area (Å²) in [5.41, 5.74) is 1.71. The second-order valence-corrected chi connectivity index (χ2v) is 7.45.